The monoisotopic (exact) mass is 249 g/mol. The first-order valence-electron chi connectivity index (χ1n) is 6.19. The van der Waals surface area contributed by atoms with Gasteiger partial charge < -0.3 is 10.3 Å². The molecule has 2 N–H and O–H groups in total. The summed E-state index contributed by atoms with van der Waals surface area (Å²) in [6, 6.07) is 8.62. The Hall–Kier alpha value is -1.68. The predicted molar refractivity (Wildman–Crippen MR) is 70.1 cm³/mol. The lowest BCUT2D eigenvalue weighted by Crippen LogP contribution is -2.09. The lowest BCUT2D eigenvalue weighted by molar-refractivity contribution is 0.106. The zero-order chi connectivity index (χ0) is 13.2. The number of ketones is 1. The summed E-state index contributed by atoms with van der Waals surface area (Å²) in [7, 11) is 0. The van der Waals surface area contributed by atoms with E-state index in [9.17, 15) is 4.79 Å². The maximum absolute atomic E-state index is 10.9. The van der Waals surface area contributed by atoms with E-state index in [4.69, 9.17) is 10.3 Å². The summed E-state index contributed by atoms with van der Waals surface area (Å²) >= 11 is 0. The van der Waals surface area contributed by atoms with E-state index in [1.54, 1.807) is 24.3 Å². The van der Waals surface area contributed by atoms with Crippen LogP contribution in [0.5, 0.6) is 0 Å². The van der Waals surface area contributed by atoms with Gasteiger partial charge in [0.25, 0.3) is 0 Å². The van der Waals surface area contributed by atoms with Gasteiger partial charge in [-0.25, -0.2) is 0 Å². The van der Waals surface area contributed by atoms with Gasteiger partial charge in [-0.05, 0) is 12.8 Å². The Bertz CT molecular complexity index is 370. The summed E-state index contributed by atoms with van der Waals surface area (Å²) in [5.74, 6) is -0.298. The van der Waals surface area contributed by atoms with Gasteiger partial charge in [0.05, 0.1) is 6.10 Å². The number of rotatable bonds is 2. The molecule has 2 rings (SSSR count). The molecule has 1 aliphatic carbocycles. The first kappa shape index (κ1) is 14.4. The van der Waals surface area contributed by atoms with Crippen LogP contribution in [0, 0.1) is 0 Å². The van der Waals surface area contributed by atoms with E-state index in [2.05, 4.69) is 5.16 Å². The van der Waals surface area contributed by atoms with Crippen LogP contribution in [-0.2, 0) is 0 Å². The highest BCUT2D eigenvalue weighted by molar-refractivity contribution is 6.35. The molecule has 18 heavy (non-hydrogen) atoms. The second kappa shape index (κ2) is 8.42. The van der Waals surface area contributed by atoms with Crippen molar-refractivity contribution < 1.29 is 15.1 Å². The molecule has 0 spiro atoms. The summed E-state index contributed by atoms with van der Waals surface area (Å²) < 4.78 is 0. The van der Waals surface area contributed by atoms with Gasteiger partial charge in [0.15, 0.2) is 0 Å². The molecule has 1 fully saturated rings. The Kier molecular flexibility index (Phi) is 6.72. The van der Waals surface area contributed by atoms with Crippen LogP contribution in [0.15, 0.2) is 35.5 Å². The molecule has 0 radical (unpaired) electrons. The Balaban J connectivity index is 0.000000199. The second-order valence-electron chi connectivity index (χ2n) is 4.27. The number of nitrogens with zero attached hydrogens (tertiary/aromatic N) is 1. The molecular weight excluding hydrogens is 230 g/mol. The van der Waals surface area contributed by atoms with Gasteiger partial charge in [0.1, 0.15) is 6.21 Å². The van der Waals surface area contributed by atoms with E-state index in [0.29, 0.717) is 5.56 Å². The van der Waals surface area contributed by atoms with Crippen LogP contribution in [0.2, 0.25) is 0 Å². The fourth-order valence-electron chi connectivity index (χ4n) is 1.81. The molecule has 98 valence electrons. The summed E-state index contributed by atoms with van der Waals surface area (Å²) in [4.78, 5) is 10.9. The summed E-state index contributed by atoms with van der Waals surface area (Å²) in [5.41, 5.74) is 0.519. The van der Waals surface area contributed by atoms with Gasteiger partial charge in [-0.2, -0.15) is 0 Å². The average molecular weight is 249 g/mol. The van der Waals surface area contributed by atoms with Crippen LogP contribution >= 0.6 is 0 Å². The van der Waals surface area contributed by atoms with E-state index in [1.807, 2.05) is 6.07 Å². The third-order valence-electron chi connectivity index (χ3n) is 2.81. The van der Waals surface area contributed by atoms with E-state index in [0.717, 1.165) is 19.1 Å². The molecule has 1 aromatic carbocycles. The largest absolute Gasteiger partial charge is 0.411 e. The van der Waals surface area contributed by atoms with Crippen molar-refractivity contribution in [3.05, 3.63) is 35.9 Å². The van der Waals surface area contributed by atoms with Crippen molar-refractivity contribution in [2.75, 3.05) is 0 Å². The van der Waals surface area contributed by atoms with Gasteiger partial charge in [-0.3, -0.25) is 4.79 Å². The number of hydrogen-bond acceptors (Lipinski definition) is 4. The van der Waals surface area contributed by atoms with Gasteiger partial charge in [-0.1, -0.05) is 54.8 Å². The maximum atomic E-state index is 10.9. The third-order valence-corrected chi connectivity index (χ3v) is 2.81. The molecule has 0 heterocycles. The predicted octanol–water partition coefficient (Wildman–Crippen LogP) is 2.64. The van der Waals surface area contributed by atoms with Crippen molar-refractivity contribution in [3.63, 3.8) is 0 Å². The van der Waals surface area contributed by atoms with Gasteiger partial charge in [0, 0.05) is 5.56 Å². The van der Waals surface area contributed by atoms with Gasteiger partial charge in [-0.15, -0.1) is 0 Å². The number of hydrogen-bond donors (Lipinski definition) is 2. The first-order chi connectivity index (χ1) is 8.74. The van der Waals surface area contributed by atoms with Gasteiger partial charge >= 0.3 is 0 Å². The minimum absolute atomic E-state index is 0.0359. The van der Waals surface area contributed by atoms with Crippen molar-refractivity contribution in [2.24, 2.45) is 5.16 Å². The number of Topliss-reactive ketones (excluding diaryl/α,β-unsaturated/α-hetero) is 1. The third kappa shape index (κ3) is 5.59. The molecule has 0 saturated heterocycles. The number of benzene rings is 1. The van der Waals surface area contributed by atoms with Crippen LogP contribution in [0.3, 0.4) is 0 Å². The zero-order valence-electron chi connectivity index (χ0n) is 10.3. The molecule has 0 aliphatic heterocycles. The Morgan fingerprint density at radius 2 is 1.78 bits per heavy atom. The second-order valence-corrected chi connectivity index (χ2v) is 4.27. The Morgan fingerprint density at radius 3 is 2.22 bits per heavy atom. The summed E-state index contributed by atoms with van der Waals surface area (Å²) in [6.45, 7) is 0. The zero-order valence-corrected chi connectivity index (χ0v) is 10.3. The number of oxime groups is 1. The summed E-state index contributed by atoms with van der Waals surface area (Å²) in [5, 5.41) is 19.6. The highest BCUT2D eigenvalue weighted by Gasteiger charge is 2.07. The molecule has 4 heteroatoms. The molecule has 0 amide bonds. The average Bonchev–Trinajstić information content (AvgIpc) is 2.42. The first-order valence-corrected chi connectivity index (χ1v) is 6.19. The molecule has 4 nitrogen and oxygen atoms in total. The molecule has 0 aromatic heterocycles. The fourth-order valence-corrected chi connectivity index (χ4v) is 1.81. The molecule has 0 bridgehead atoms. The molecule has 1 aliphatic rings. The van der Waals surface area contributed by atoms with Crippen LogP contribution in [0.1, 0.15) is 42.5 Å². The molecule has 0 unspecified atom stereocenters. The van der Waals surface area contributed by atoms with Crippen molar-refractivity contribution in [2.45, 2.75) is 38.2 Å². The molecule has 1 saturated carbocycles. The van der Waals surface area contributed by atoms with Crippen molar-refractivity contribution >= 4 is 12.0 Å². The minimum atomic E-state index is -0.298. The highest BCUT2D eigenvalue weighted by atomic mass is 16.4. The van der Waals surface area contributed by atoms with Crippen LogP contribution in [-0.4, -0.2) is 28.4 Å². The van der Waals surface area contributed by atoms with Crippen molar-refractivity contribution in [1.29, 1.82) is 0 Å². The molecule has 0 atom stereocenters. The fraction of sp³-hybridized carbons (Fsp3) is 0.429. The van der Waals surface area contributed by atoms with Crippen LogP contribution < -0.4 is 0 Å². The normalized spacial score (nSPS) is 16.1. The van der Waals surface area contributed by atoms with E-state index < -0.39 is 0 Å². The Morgan fingerprint density at radius 1 is 1.17 bits per heavy atom. The standard InChI is InChI=1S/C8H7NO2.C6H12O/c10-8(6-9-11)7-4-2-1-3-5-7;7-6-4-2-1-3-5-6/h1-6,11H;6-7H,1-5H2. The number of carbonyl (C=O) groups excluding carboxylic acids is 1. The smallest absolute Gasteiger partial charge is 0.207 e. The van der Waals surface area contributed by atoms with Gasteiger partial charge in [0.2, 0.25) is 5.78 Å². The quantitative estimate of drug-likeness (QED) is 0.366. The number of carbonyl (C=O) groups is 1. The van der Waals surface area contributed by atoms with Crippen LogP contribution in [0.4, 0.5) is 0 Å². The Labute approximate surface area is 107 Å². The molecular formula is C14H19NO3. The van der Waals surface area contributed by atoms with E-state index in [-0.39, 0.29) is 11.9 Å². The van der Waals surface area contributed by atoms with Crippen LogP contribution in [0.25, 0.3) is 0 Å². The van der Waals surface area contributed by atoms with Crippen molar-refractivity contribution in [1.82, 2.24) is 0 Å². The lowest BCUT2D eigenvalue weighted by atomic mass is 9.98. The lowest BCUT2D eigenvalue weighted by Gasteiger charge is -2.14. The summed E-state index contributed by atoms with van der Waals surface area (Å²) in [6.07, 6.45) is 6.79. The number of aliphatic hydroxyl groups excluding tert-OH is 1. The van der Waals surface area contributed by atoms with E-state index >= 15 is 0 Å². The minimum Gasteiger partial charge on any atom is -0.411 e. The van der Waals surface area contributed by atoms with Crippen molar-refractivity contribution in [3.8, 4) is 0 Å². The topological polar surface area (TPSA) is 69.9 Å². The number of aliphatic hydroxyl groups is 1. The SMILES string of the molecule is O=C(C=NO)c1ccccc1.OC1CCCCC1. The molecule has 1 aromatic rings. The maximum Gasteiger partial charge on any atom is 0.207 e. The van der Waals surface area contributed by atoms with E-state index in [1.165, 1.54) is 19.3 Å². The highest BCUT2D eigenvalue weighted by Crippen LogP contribution is 2.16.